The van der Waals surface area contributed by atoms with Gasteiger partial charge in [0, 0.05) is 13.6 Å². The van der Waals surface area contributed by atoms with E-state index >= 15 is 0 Å². The molecule has 7 nitrogen and oxygen atoms in total. The molecule has 1 heterocycles. The van der Waals surface area contributed by atoms with Crippen molar-refractivity contribution >= 4 is 18.0 Å². The number of likely N-dealkylation sites (tertiary alicyclic amines) is 1. The minimum absolute atomic E-state index is 0.132. The monoisotopic (exact) mass is 418 g/mol. The number of benzene rings is 1. The van der Waals surface area contributed by atoms with E-state index in [0.717, 1.165) is 12.0 Å². The number of nitrogens with zero attached hydrogens (tertiary/aromatic N) is 2. The van der Waals surface area contributed by atoms with Crippen LogP contribution in [0.2, 0.25) is 0 Å². The van der Waals surface area contributed by atoms with Crippen LogP contribution in [-0.4, -0.2) is 59.0 Å². The second-order valence-electron chi connectivity index (χ2n) is 9.06. The fraction of sp³-hybridized carbons (Fsp3) is 0.609. The van der Waals surface area contributed by atoms with Gasteiger partial charge in [-0.05, 0) is 45.1 Å². The lowest BCUT2D eigenvalue weighted by Crippen LogP contribution is -2.54. The largest absolute Gasteiger partial charge is 0.458 e. The number of carbonyl (C=O) groups is 3. The molecule has 166 valence electrons. The molecule has 0 unspecified atom stereocenters. The molecule has 0 spiro atoms. The number of esters is 1. The van der Waals surface area contributed by atoms with Crippen molar-refractivity contribution in [2.24, 2.45) is 5.92 Å². The average molecular weight is 419 g/mol. The van der Waals surface area contributed by atoms with Gasteiger partial charge in [0.1, 0.15) is 24.3 Å². The van der Waals surface area contributed by atoms with Crippen molar-refractivity contribution in [2.45, 2.75) is 71.8 Å². The summed E-state index contributed by atoms with van der Waals surface area (Å²) in [5, 5.41) is 0. The number of hydrogen-bond donors (Lipinski definition) is 0. The molecule has 0 aromatic heterocycles. The fourth-order valence-corrected chi connectivity index (χ4v) is 3.65. The highest BCUT2D eigenvalue weighted by molar-refractivity contribution is 5.90. The number of carbonyl (C=O) groups excluding carboxylic acids is 3. The standard InChI is InChI=1S/C23H34N2O5/c1-16(2)19(24(6)22(28)29-15-17-11-8-7-9-12-17)20(26)25-14-10-13-18(25)21(27)30-23(3,4)5/h7-9,11-12,16,18-19H,10,13-15H2,1-6H3/t18-,19-/m0/s1. The lowest BCUT2D eigenvalue weighted by atomic mass is 10.0. The van der Waals surface area contributed by atoms with Crippen molar-refractivity contribution in [2.75, 3.05) is 13.6 Å². The zero-order valence-corrected chi connectivity index (χ0v) is 18.9. The van der Waals surface area contributed by atoms with E-state index < -0.39 is 29.7 Å². The van der Waals surface area contributed by atoms with Crippen LogP contribution in [0.4, 0.5) is 4.79 Å². The second kappa shape index (κ2) is 9.96. The number of ether oxygens (including phenoxy) is 2. The molecule has 1 aliphatic heterocycles. The topological polar surface area (TPSA) is 76.2 Å². The molecular weight excluding hydrogens is 384 g/mol. The Kier molecular flexibility index (Phi) is 7.87. The van der Waals surface area contributed by atoms with Crippen molar-refractivity contribution in [3.8, 4) is 0 Å². The Morgan fingerprint density at radius 3 is 2.37 bits per heavy atom. The molecule has 30 heavy (non-hydrogen) atoms. The maximum Gasteiger partial charge on any atom is 0.410 e. The van der Waals surface area contributed by atoms with E-state index in [-0.39, 0.29) is 18.4 Å². The van der Waals surface area contributed by atoms with E-state index in [1.54, 1.807) is 32.7 Å². The smallest absolute Gasteiger partial charge is 0.410 e. The SMILES string of the molecule is CC(C)[C@@H](C(=O)N1CCC[C@H]1C(=O)OC(C)(C)C)N(C)C(=O)OCc1ccccc1. The van der Waals surface area contributed by atoms with Gasteiger partial charge in [-0.25, -0.2) is 9.59 Å². The number of hydrogen-bond acceptors (Lipinski definition) is 5. The van der Waals surface area contributed by atoms with Crippen LogP contribution in [-0.2, 0) is 25.7 Å². The van der Waals surface area contributed by atoms with Gasteiger partial charge in [-0.2, -0.15) is 0 Å². The van der Waals surface area contributed by atoms with Crippen LogP contribution in [0, 0.1) is 5.92 Å². The fourth-order valence-electron chi connectivity index (χ4n) is 3.65. The molecule has 2 amide bonds. The molecule has 1 aromatic carbocycles. The second-order valence-corrected chi connectivity index (χ2v) is 9.06. The van der Waals surface area contributed by atoms with Crippen molar-refractivity contribution in [1.29, 1.82) is 0 Å². The molecule has 1 fully saturated rings. The third-order valence-corrected chi connectivity index (χ3v) is 5.01. The van der Waals surface area contributed by atoms with E-state index in [9.17, 15) is 14.4 Å². The maximum atomic E-state index is 13.4. The third-order valence-electron chi connectivity index (χ3n) is 5.01. The van der Waals surface area contributed by atoms with Gasteiger partial charge in [-0.15, -0.1) is 0 Å². The summed E-state index contributed by atoms with van der Waals surface area (Å²) in [4.78, 5) is 41.5. The van der Waals surface area contributed by atoms with Gasteiger partial charge in [0.25, 0.3) is 0 Å². The van der Waals surface area contributed by atoms with Gasteiger partial charge in [-0.3, -0.25) is 9.69 Å². The molecule has 2 rings (SSSR count). The zero-order chi connectivity index (χ0) is 22.5. The molecule has 1 aliphatic rings. The summed E-state index contributed by atoms with van der Waals surface area (Å²) in [5.74, 6) is -0.797. The summed E-state index contributed by atoms with van der Waals surface area (Å²) in [7, 11) is 1.56. The van der Waals surface area contributed by atoms with E-state index in [0.29, 0.717) is 13.0 Å². The first kappa shape index (κ1) is 23.7. The minimum Gasteiger partial charge on any atom is -0.458 e. The maximum absolute atomic E-state index is 13.4. The number of amides is 2. The predicted octanol–water partition coefficient (Wildman–Crippen LogP) is 3.61. The van der Waals surface area contributed by atoms with Crippen LogP contribution in [0.25, 0.3) is 0 Å². The minimum atomic E-state index is -0.726. The summed E-state index contributed by atoms with van der Waals surface area (Å²) < 4.78 is 10.9. The van der Waals surface area contributed by atoms with Crippen LogP contribution in [0.15, 0.2) is 30.3 Å². The van der Waals surface area contributed by atoms with Gasteiger partial charge >= 0.3 is 12.1 Å². The Morgan fingerprint density at radius 1 is 1.17 bits per heavy atom. The first-order valence-corrected chi connectivity index (χ1v) is 10.5. The highest BCUT2D eigenvalue weighted by Gasteiger charge is 2.42. The highest BCUT2D eigenvalue weighted by Crippen LogP contribution is 2.25. The van der Waals surface area contributed by atoms with Crippen molar-refractivity contribution in [1.82, 2.24) is 9.80 Å². The third kappa shape index (κ3) is 6.21. The Morgan fingerprint density at radius 2 is 1.80 bits per heavy atom. The van der Waals surface area contributed by atoms with Crippen molar-refractivity contribution in [3.05, 3.63) is 35.9 Å². The van der Waals surface area contributed by atoms with E-state index in [1.165, 1.54) is 4.90 Å². The molecule has 0 radical (unpaired) electrons. The number of likely N-dealkylation sites (N-methyl/N-ethyl adjacent to an activating group) is 1. The highest BCUT2D eigenvalue weighted by atomic mass is 16.6. The van der Waals surface area contributed by atoms with E-state index in [4.69, 9.17) is 9.47 Å². The van der Waals surface area contributed by atoms with Gasteiger partial charge in [0.15, 0.2) is 0 Å². The number of rotatable bonds is 6. The molecule has 1 saturated heterocycles. The Labute approximate surface area is 179 Å². The van der Waals surface area contributed by atoms with Crippen LogP contribution >= 0.6 is 0 Å². The van der Waals surface area contributed by atoms with Crippen LogP contribution in [0.3, 0.4) is 0 Å². The normalized spacial score (nSPS) is 17.6. The Bertz CT molecular complexity index is 742. The summed E-state index contributed by atoms with van der Waals surface area (Å²) in [6.45, 7) is 9.77. The van der Waals surface area contributed by atoms with Crippen molar-refractivity contribution < 1.29 is 23.9 Å². The van der Waals surface area contributed by atoms with E-state index in [1.807, 2.05) is 44.2 Å². The first-order chi connectivity index (χ1) is 14.0. The predicted molar refractivity (Wildman–Crippen MR) is 114 cm³/mol. The van der Waals surface area contributed by atoms with Crippen LogP contribution < -0.4 is 0 Å². The molecule has 0 saturated carbocycles. The zero-order valence-electron chi connectivity index (χ0n) is 18.9. The summed E-state index contributed by atoms with van der Waals surface area (Å²) in [6.07, 6.45) is 0.718. The Balaban J connectivity index is 2.08. The Hall–Kier alpha value is -2.57. The van der Waals surface area contributed by atoms with Crippen molar-refractivity contribution in [3.63, 3.8) is 0 Å². The summed E-state index contributed by atoms with van der Waals surface area (Å²) in [6, 6.07) is 8.03. The summed E-state index contributed by atoms with van der Waals surface area (Å²) in [5.41, 5.74) is 0.250. The lowest BCUT2D eigenvalue weighted by molar-refractivity contribution is -0.164. The lowest BCUT2D eigenvalue weighted by Gasteiger charge is -2.35. The summed E-state index contributed by atoms with van der Waals surface area (Å²) >= 11 is 0. The molecule has 0 N–H and O–H groups in total. The average Bonchev–Trinajstić information content (AvgIpc) is 3.15. The van der Waals surface area contributed by atoms with E-state index in [2.05, 4.69) is 0 Å². The van der Waals surface area contributed by atoms with Gasteiger partial charge in [0.2, 0.25) is 5.91 Å². The van der Waals surface area contributed by atoms with Gasteiger partial charge in [-0.1, -0.05) is 44.2 Å². The molecule has 7 heteroatoms. The van der Waals surface area contributed by atoms with Crippen LogP contribution in [0.1, 0.15) is 53.0 Å². The van der Waals surface area contributed by atoms with Gasteiger partial charge < -0.3 is 14.4 Å². The molecule has 0 bridgehead atoms. The first-order valence-electron chi connectivity index (χ1n) is 10.5. The molecule has 1 aromatic rings. The molecule has 0 aliphatic carbocycles. The molecule has 2 atom stereocenters. The van der Waals surface area contributed by atoms with Crippen LogP contribution in [0.5, 0.6) is 0 Å². The van der Waals surface area contributed by atoms with Gasteiger partial charge in [0.05, 0.1) is 0 Å². The quantitative estimate of drug-likeness (QED) is 0.660. The molecular formula is C23H34N2O5.